The maximum Gasteiger partial charge on any atom is 0.328 e. The molecular weight excluding hydrogens is 741 g/mol. The van der Waals surface area contributed by atoms with E-state index in [0.29, 0.717) is 38.4 Å². The Kier molecular flexibility index (Phi) is 8.78. The highest BCUT2D eigenvalue weighted by atomic mass is 32.1. The van der Waals surface area contributed by atoms with Crippen LogP contribution in [0.25, 0.3) is 27.5 Å². The number of benzene rings is 1. The van der Waals surface area contributed by atoms with Gasteiger partial charge in [0.05, 0.1) is 34.2 Å². The number of imide groups is 1. The normalized spacial score (nSPS) is 23.6. The molecule has 0 radical (unpaired) electrons. The zero-order valence-corrected chi connectivity index (χ0v) is 32.3. The smallest absolute Gasteiger partial charge is 0.328 e. The highest BCUT2D eigenvalue weighted by molar-refractivity contribution is 7.14. The van der Waals surface area contributed by atoms with Gasteiger partial charge in [-0.2, -0.15) is 10.4 Å². The number of anilines is 2. The summed E-state index contributed by atoms with van der Waals surface area (Å²) in [5, 5.41) is 31.6. The van der Waals surface area contributed by atoms with Gasteiger partial charge < -0.3 is 15.0 Å². The Balaban J connectivity index is 0.855. The molecule has 15 heteroatoms. The van der Waals surface area contributed by atoms with Crippen molar-refractivity contribution in [1.82, 2.24) is 35.0 Å². The summed E-state index contributed by atoms with van der Waals surface area (Å²) in [5.41, 5.74) is 7.41. The molecule has 2 saturated heterocycles. The number of urea groups is 1. The largest absolute Gasteiger partial charge is 0.381 e. The molecule has 7 heterocycles. The number of amides is 4. The lowest BCUT2D eigenvalue weighted by Crippen LogP contribution is -2.53. The summed E-state index contributed by atoms with van der Waals surface area (Å²) in [6, 6.07) is 15.8. The van der Waals surface area contributed by atoms with Crippen LogP contribution in [0.1, 0.15) is 79.5 Å². The zero-order valence-electron chi connectivity index (χ0n) is 31.5. The van der Waals surface area contributed by atoms with Crippen molar-refractivity contribution >= 4 is 46.1 Å². The first-order valence-electron chi connectivity index (χ1n) is 19.9. The second-order valence-electron chi connectivity index (χ2n) is 16.2. The number of hydrogen-bond acceptors (Lipinski definition) is 11. The molecule has 3 aliphatic heterocycles. The third kappa shape index (κ3) is 6.31. The van der Waals surface area contributed by atoms with Gasteiger partial charge in [-0.1, -0.05) is 17.4 Å². The maximum atomic E-state index is 14.3. The van der Waals surface area contributed by atoms with Crippen LogP contribution < -0.4 is 15.5 Å². The van der Waals surface area contributed by atoms with E-state index in [1.54, 1.807) is 22.4 Å². The Morgan fingerprint density at radius 3 is 2.56 bits per heavy atom. The first kappa shape index (κ1) is 35.7. The van der Waals surface area contributed by atoms with E-state index >= 15 is 0 Å². The predicted octanol–water partition coefficient (Wildman–Crippen LogP) is 6.00. The molecule has 0 spiro atoms. The molecule has 3 saturated carbocycles. The van der Waals surface area contributed by atoms with Crippen LogP contribution in [0, 0.1) is 16.7 Å². The Hall–Kier alpha value is -5.72. The molecular formula is C42H42N10O4S. The highest BCUT2D eigenvalue weighted by Crippen LogP contribution is 2.59. The molecule has 5 fully saturated rings. The van der Waals surface area contributed by atoms with Crippen molar-refractivity contribution in [3.63, 3.8) is 0 Å². The number of rotatable bonds is 7. The van der Waals surface area contributed by atoms with Crippen LogP contribution in [0.3, 0.4) is 0 Å². The number of nitriles is 1. The number of carbonyl (C=O) groups excluding carboxylic acids is 3. The van der Waals surface area contributed by atoms with E-state index in [0.717, 1.165) is 113 Å². The Labute approximate surface area is 333 Å². The predicted molar refractivity (Wildman–Crippen MR) is 212 cm³/mol. The number of aromatic nitrogens is 5. The molecule has 5 aromatic rings. The molecule has 6 aliphatic rings. The Bertz CT molecular complexity index is 2460. The minimum atomic E-state index is -0.384. The van der Waals surface area contributed by atoms with Crippen molar-refractivity contribution in [2.75, 3.05) is 36.5 Å². The molecule has 1 aromatic carbocycles. The summed E-state index contributed by atoms with van der Waals surface area (Å²) in [7, 11) is 0. The lowest BCUT2D eigenvalue weighted by Gasteiger charge is -2.53. The molecule has 11 rings (SSSR count). The van der Waals surface area contributed by atoms with Crippen LogP contribution in [0.4, 0.5) is 16.2 Å². The lowest BCUT2D eigenvalue weighted by atomic mass is 9.53. The third-order valence-electron chi connectivity index (χ3n) is 13.0. The lowest BCUT2D eigenvalue weighted by molar-refractivity contribution is -0.150. The molecule has 4 aromatic heterocycles. The van der Waals surface area contributed by atoms with E-state index in [1.165, 1.54) is 0 Å². The van der Waals surface area contributed by atoms with Gasteiger partial charge in [-0.25, -0.2) is 9.31 Å². The average Bonchev–Trinajstić information content (AvgIpc) is 3.93. The van der Waals surface area contributed by atoms with Gasteiger partial charge in [0.2, 0.25) is 11.8 Å². The van der Waals surface area contributed by atoms with Gasteiger partial charge in [0.25, 0.3) is 0 Å². The number of nitrogens with one attached hydrogen (secondary N) is 2. The SMILES string of the molecule is N#Cc1cnn2c(-c3cc(NC4CCOCC4)c(-c4nnc(C56CCC(C(=O)N7CCc8cc(N9CCC(=O)NC9=O)ccc8C7)(CC5)CC6)s4)cn3)ccc2c1. The molecule has 290 valence electrons. The summed E-state index contributed by atoms with van der Waals surface area (Å²) in [4.78, 5) is 47.0. The number of pyridine rings is 1. The number of nitrogens with zero attached hydrogens (tertiary/aromatic N) is 8. The van der Waals surface area contributed by atoms with E-state index in [-0.39, 0.29) is 41.1 Å². The van der Waals surface area contributed by atoms with E-state index in [2.05, 4.69) is 32.8 Å². The maximum absolute atomic E-state index is 14.3. The quantitative estimate of drug-likeness (QED) is 0.200. The molecule has 0 unspecified atom stereocenters. The van der Waals surface area contributed by atoms with Crippen LogP contribution in [0.2, 0.25) is 0 Å². The summed E-state index contributed by atoms with van der Waals surface area (Å²) < 4.78 is 7.46. The Morgan fingerprint density at radius 2 is 1.77 bits per heavy atom. The van der Waals surface area contributed by atoms with Crippen LogP contribution in [0.5, 0.6) is 0 Å². The van der Waals surface area contributed by atoms with E-state index < -0.39 is 0 Å². The van der Waals surface area contributed by atoms with Crippen LogP contribution >= 0.6 is 11.3 Å². The minimum absolute atomic E-state index is 0.0886. The molecule has 4 amide bonds. The van der Waals surface area contributed by atoms with Crippen molar-refractivity contribution < 1.29 is 19.1 Å². The van der Waals surface area contributed by atoms with Gasteiger partial charge in [-0.15, -0.1) is 10.2 Å². The fourth-order valence-corrected chi connectivity index (χ4v) is 10.7. The first-order chi connectivity index (χ1) is 27.8. The first-order valence-corrected chi connectivity index (χ1v) is 20.7. The second-order valence-corrected chi connectivity index (χ2v) is 17.2. The van der Waals surface area contributed by atoms with E-state index in [1.807, 2.05) is 47.1 Å². The molecule has 14 nitrogen and oxygen atoms in total. The fraction of sp³-hybridized carbons (Fsp3) is 0.429. The fourth-order valence-electron chi connectivity index (χ4n) is 9.60. The van der Waals surface area contributed by atoms with Crippen molar-refractivity contribution in [3.05, 3.63) is 76.6 Å². The topological polar surface area (TPSA) is 171 Å². The number of hydrogen-bond donors (Lipinski definition) is 2. The molecule has 2 bridgehead atoms. The van der Waals surface area contributed by atoms with Gasteiger partial charge in [-0.05, 0) is 105 Å². The minimum Gasteiger partial charge on any atom is -0.381 e. The van der Waals surface area contributed by atoms with Gasteiger partial charge in [0.1, 0.15) is 11.1 Å². The van der Waals surface area contributed by atoms with Gasteiger partial charge in [0.15, 0.2) is 5.01 Å². The summed E-state index contributed by atoms with van der Waals surface area (Å²) in [6.07, 6.45) is 11.5. The molecule has 2 N–H and O–H groups in total. The van der Waals surface area contributed by atoms with Crippen molar-refractivity contribution in [1.29, 1.82) is 5.26 Å². The van der Waals surface area contributed by atoms with Crippen LogP contribution in [-0.4, -0.2) is 79.9 Å². The van der Waals surface area contributed by atoms with Crippen molar-refractivity contribution in [2.24, 2.45) is 5.41 Å². The van der Waals surface area contributed by atoms with E-state index in [9.17, 15) is 19.6 Å². The zero-order chi connectivity index (χ0) is 38.7. The van der Waals surface area contributed by atoms with Gasteiger partial charge in [0, 0.05) is 73.7 Å². The average molecular weight is 783 g/mol. The van der Waals surface area contributed by atoms with Crippen LogP contribution in [-0.2, 0) is 32.7 Å². The summed E-state index contributed by atoms with van der Waals surface area (Å²) >= 11 is 1.65. The monoisotopic (exact) mass is 782 g/mol. The second kappa shape index (κ2) is 14.0. The Morgan fingerprint density at radius 1 is 0.947 bits per heavy atom. The van der Waals surface area contributed by atoms with Crippen molar-refractivity contribution in [3.8, 4) is 28.0 Å². The van der Waals surface area contributed by atoms with Gasteiger partial charge >= 0.3 is 6.03 Å². The third-order valence-corrected chi connectivity index (χ3v) is 14.2. The summed E-state index contributed by atoms with van der Waals surface area (Å²) in [5.74, 6) is 0.0219. The standard InChI is InChI=1S/C42H42N10O4S/c43-22-26-19-31-3-4-35(52(31)45-23-26)34-21-33(46-29-7-17-56-18-8-29)32(24-44-34)37-48-49-38(57-37)41-9-12-42(13-10-41,14-11-41)39(54)50-15-5-27-20-30(2-1-28(27)25-50)51-16-6-36(53)47-40(51)55/h1-4,19-21,23-24,29H,5-18,25H2,(H,44,46)(H,47,53,55). The molecule has 0 atom stereocenters. The summed E-state index contributed by atoms with van der Waals surface area (Å²) in [6.45, 7) is 3.02. The highest BCUT2D eigenvalue weighted by Gasteiger charge is 2.55. The number of ether oxygens (including phenoxy) is 1. The molecule has 3 aliphatic carbocycles. The van der Waals surface area contributed by atoms with Crippen LogP contribution in [0.15, 0.2) is 54.9 Å². The van der Waals surface area contributed by atoms with E-state index in [4.69, 9.17) is 19.9 Å². The van der Waals surface area contributed by atoms with Crippen molar-refractivity contribution in [2.45, 2.75) is 82.2 Å². The number of carbonyl (C=O) groups is 3. The number of fused-ring (bicyclic) bond motifs is 5. The molecule has 57 heavy (non-hydrogen) atoms. The van der Waals surface area contributed by atoms with Gasteiger partial charge in [-0.3, -0.25) is 24.8 Å².